The van der Waals surface area contributed by atoms with Crippen LogP contribution in [0.2, 0.25) is 0 Å². The summed E-state index contributed by atoms with van der Waals surface area (Å²) in [6, 6.07) is 15.4. The first-order valence-corrected chi connectivity index (χ1v) is 10.7. The van der Waals surface area contributed by atoms with Crippen LogP contribution in [0.25, 0.3) is 11.1 Å². The third kappa shape index (κ3) is 5.14. The molecule has 0 bridgehead atoms. The monoisotopic (exact) mass is 396 g/mol. The molecular weight excluding hydrogens is 372 g/mol. The van der Waals surface area contributed by atoms with Gasteiger partial charge in [-0.3, -0.25) is 4.79 Å². The van der Waals surface area contributed by atoms with E-state index in [-0.39, 0.29) is 5.91 Å². The molecule has 2 aromatic carbocycles. The predicted octanol–water partition coefficient (Wildman–Crippen LogP) is 4.67. The van der Waals surface area contributed by atoms with Crippen LogP contribution in [-0.4, -0.2) is 30.6 Å². The van der Waals surface area contributed by atoms with Crippen molar-refractivity contribution in [2.45, 2.75) is 30.2 Å². The summed E-state index contributed by atoms with van der Waals surface area (Å²) in [6.45, 7) is 2.19. The number of amides is 1. The molecule has 28 heavy (non-hydrogen) atoms. The molecule has 1 heterocycles. The molecule has 5 nitrogen and oxygen atoms in total. The number of carbonyl (C=O) groups is 1. The van der Waals surface area contributed by atoms with Gasteiger partial charge >= 0.3 is 0 Å². The van der Waals surface area contributed by atoms with Crippen molar-refractivity contribution in [2.75, 3.05) is 19.8 Å². The van der Waals surface area contributed by atoms with E-state index in [1.165, 1.54) is 24.6 Å². The molecule has 0 spiro atoms. The summed E-state index contributed by atoms with van der Waals surface area (Å²) in [5.41, 5.74) is 3.29. The Morgan fingerprint density at radius 1 is 1.18 bits per heavy atom. The number of aromatic nitrogens is 1. The molecular formula is C22H24N2O3S. The van der Waals surface area contributed by atoms with E-state index < -0.39 is 0 Å². The summed E-state index contributed by atoms with van der Waals surface area (Å²) in [4.78, 5) is 17.0. The standard InChI is InChI=1S/C22H24N2O3S/c25-21(23-12-5-13-26-14-16-10-11-16)18-7-2-1-6-17(18)15-28-22-24-19-8-3-4-9-20(19)27-22/h1-4,6-9,16H,5,10-15H2,(H,23,25). The second-order valence-electron chi connectivity index (χ2n) is 7.02. The van der Waals surface area contributed by atoms with Crippen molar-refractivity contribution in [3.63, 3.8) is 0 Å². The number of oxazole rings is 1. The molecule has 0 atom stereocenters. The minimum Gasteiger partial charge on any atom is -0.431 e. The van der Waals surface area contributed by atoms with Gasteiger partial charge in [0.2, 0.25) is 0 Å². The lowest BCUT2D eigenvalue weighted by Crippen LogP contribution is -2.26. The van der Waals surface area contributed by atoms with Crippen molar-refractivity contribution in [1.29, 1.82) is 0 Å². The zero-order valence-corrected chi connectivity index (χ0v) is 16.5. The van der Waals surface area contributed by atoms with Crippen molar-refractivity contribution in [2.24, 2.45) is 5.92 Å². The van der Waals surface area contributed by atoms with E-state index in [4.69, 9.17) is 9.15 Å². The molecule has 1 aliphatic carbocycles. The summed E-state index contributed by atoms with van der Waals surface area (Å²) >= 11 is 1.50. The Morgan fingerprint density at radius 2 is 2.00 bits per heavy atom. The van der Waals surface area contributed by atoms with E-state index >= 15 is 0 Å². The highest BCUT2D eigenvalue weighted by Crippen LogP contribution is 2.29. The first-order chi connectivity index (χ1) is 13.8. The molecule has 0 unspecified atom stereocenters. The van der Waals surface area contributed by atoms with Crippen LogP contribution < -0.4 is 5.32 Å². The van der Waals surface area contributed by atoms with Crippen molar-refractivity contribution >= 4 is 28.8 Å². The fraction of sp³-hybridized carbons (Fsp3) is 0.364. The summed E-state index contributed by atoms with van der Waals surface area (Å²) < 4.78 is 11.4. The SMILES string of the molecule is O=C(NCCCOCC1CC1)c1ccccc1CSc1nc2ccccc2o1. The Labute approximate surface area is 168 Å². The molecule has 1 aliphatic rings. The van der Waals surface area contributed by atoms with Crippen LogP contribution in [-0.2, 0) is 10.5 Å². The number of hydrogen-bond acceptors (Lipinski definition) is 5. The molecule has 1 saturated carbocycles. The van der Waals surface area contributed by atoms with Gasteiger partial charge in [0.25, 0.3) is 11.1 Å². The number of thioether (sulfide) groups is 1. The Kier molecular flexibility index (Phi) is 6.29. The molecule has 0 saturated heterocycles. The van der Waals surface area contributed by atoms with Gasteiger partial charge in [-0.1, -0.05) is 42.1 Å². The first kappa shape index (κ1) is 19.0. The van der Waals surface area contributed by atoms with Crippen LogP contribution >= 0.6 is 11.8 Å². The fourth-order valence-electron chi connectivity index (χ4n) is 2.93. The highest BCUT2D eigenvalue weighted by Gasteiger charge is 2.20. The Balaban J connectivity index is 1.28. The number of nitrogens with zero attached hydrogens (tertiary/aromatic N) is 1. The largest absolute Gasteiger partial charge is 0.431 e. The van der Waals surface area contributed by atoms with E-state index in [0.29, 0.717) is 29.7 Å². The zero-order valence-electron chi connectivity index (χ0n) is 15.7. The zero-order chi connectivity index (χ0) is 19.2. The number of para-hydroxylation sites is 2. The van der Waals surface area contributed by atoms with Crippen molar-refractivity contribution in [3.05, 3.63) is 59.7 Å². The van der Waals surface area contributed by atoms with Crippen LogP contribution in [0.1, 0.15) is 35.2 Å². The van der Waals surface area contributed by atoms with Gasteiger partial charge in [-0.15, -0.1) is 0 Å². The minimum absolute atomic E-state index is 0.0454. The van der Waals surface area contributed by atoms with Crippen molar-refractivity contribution < 1.29 is 13.9 Å². The van der Waals surface area contributed by atoms with Gasteiger partial charge in [0, 0.05) is 31.1 Å². The Hall–Kier alpha value is -2.31. The minimum atomic E-state index is -0.0454. The quantitative estimate of drug-likeness (QED) is 0.399. The van der Waals surface area contributed by atoms with Gasteiger partial charge in [-0.25, -0.2) is 4.98 Å². The topological polar surface area (TPSA) is 64.4 Å². The number of rotatable bonds is 10. The van der Waals surface area contributed by atoms with Crippen molar-refractivity contribution in [3.8, 4) is 0 Å². The van der Waals surface area contributed by atoms with Gasteiger partial charge in [0.15, 0.2) is 5.58 Å². The molecule has 1 N–H and O–H groups in total. The summed E-state index contributed by atoms with van der Waals surface area (Å²) in [6.07, 6.45) is 3.43. The van der Waals surface area contributed by atoms with Gasteiger partial charge in [0.05, 0.1) is 0 Å². The number of fused-ring (bicyclic) bond motifs is 1. The second kappa shape index (κ2) is 9.26. The summed E-state index contributed by atoms with van der Waals surface area (Å²) in [7, 11) is 0. The maximum Gasteiger partial charge on any atom is 0.257 e. The van der Waals surface area contributed by atoms with E-state index in [2.05, 4.69) is 10.3 Å². The average Bonchev–Trinajstić information content (AvgIpc) is 3.45. The number of hydrogen-bond donors (Lipinski definition) is 1. The smallest absolute Gasteiger partial charge is 0.257 e. The molecule has 3 aromatic rings. The highest BCUT2D eigenvalue weighted by atomic mass is 32.2. The normalized spacial score (nSPS) is 13.7. The molecule has 0 radical (unpaired) electrons. The lowest BCUT2D eigenvalue weighted by atomic mass is 10.1. The molecule has 4 rings (SSSR count). The third-order valence-electron chi connectivity index (χ3n) is 4.69. The maximum atomic E-state index is 12.6. The lowest BCUT2D eigenvalue weighted by molar-refractivity contribution is 0.0936. The number of benzene rings is 2. The Bertz CT molecular complexity index is 903. The lowest BCUT2D eigenvalue weighted by Gasteiger charge is -2.09. The summed E-state index contributed by atoms with van der Waals surface area (Å²) in [5.74, 6) is 1.36. The van der Waals surface area contributed by atoms with Gasteiger partial charge < -0.3 is 14.5 Å². The summed E-state index contributed by atoms with van der Waals surface area (Å²) in [5, 5.41) is 3.61. The van der Waals surface area contributed by atoms with E-state index in [9.17, 15) is 4.79 Å². The van der Waals surface area contributed by atoms with Crippen LogP contribution in [0.15, 0.2) is 58.2 Å². The van der Waals surface area contributed by atoms with Crippen LogP contribution in [0, 0.1) is 5.92 Å². The molecule has 6 heteroatoms. The number of carbonyl (C=O) groups excluding carboxylic acids is 1. The second-order valence-corrected chi connectivity index (χ2v) is 7.95. The first-order valence-electron chi connectivity index (χ1n) is 9.72. The number of ether oxygens (including phenoxy) is 1. The van der Waals surface area contributed by atoms with Crippen molar-refractivity contribution in [1.82, 2.24) is 10.3 Å². The fourth-order valence-corrected chi connectivity index (χ4v) is 3.77. The van der Waals surface area contributed by atoms with Gasteiger partial charge in [-0.05, 0) is 48.9 Å². The average molecular weight is 397 g/mol. The molecule has 1 amide bonds. The van der Waals surface area contributed by atoms with E-state index in [1.807, 2.05) is 48.5 Å². The molecule has 1 aromatic heterocycles. The highest BCUT2D eigenvalue weighted by molar-refractivity contribution is 7.98. The molecule has 0 aliphatic heterocycles. The van der Waals surface area contributed by atoms with Crippen LogP contribution in [0.3, 0.4) is 0 Å². The van der Waals surface area contributed by atoms with Crippen LogP contribution in [0.5, 0.6) is 0 Å². The maximum absolute atomic E-state index is 12.6. The van der Waals surface area contributed by atoms with E-state index in [0.717, 1.165) is 35.6 Å². The number of nitrogens with one attached hydrogen (secondary N) is 1. The molecule has 1 fully saturated rings. The Morgan fingerprint density at radius 3 is 2.86 bits per heavy atom. The molecule has 146 valence electrons. The van der Waals surface area contributed by atoms with E-state index in [1.54, 1.807) is 0 Å². The predicted molar refractivity (Wildman–Crippen MR) is 111 cm³/mol. The third-order valence-corrected chi connectivity index (χ3v) is 5.57. The van der Waals surface area contributed by atoms with Gasteiger partial charge in [0.1, 0.15) is 5.52 Å². The van der Waals surface area contributed by atoms with Crippen LogP contribution in [0.4, 0.5) is 0 Å². The van der Waals surface area contributed by atoms with Gasteiger partial charge in [-0.2, -0.15) is 0 Å².